The third-order valence-corrected chi connectivity index (χ3v) is 1.97. The average Bonchev–Trinajstić information content (AvgIpc) is 2.23. The van der Waals surface area contributed by atoms with E-state index in [1.54, 1.807) is 6.20 Å². The fraction of sp³-hybridized carbons (Fsp3) is 0.455. The summed E-state index contributed by atoms with van der Waals surface area (Å²) in [7, 11) is 1.90. The predicted molar refractivity (Wildman–Crippen MR) is 59.8 cm³/mol. The second kappa shape index (κ2) is 6.14. The van der Waals surface area contributed by atoms with Crippen molar-refractivity contribution in [3.05, 3.63) is 29.6 Å². The molecule has 1 heterocycles. The molecular weight excluding hydrogens is 190 g/mol. The molecule has 0 fully saturated rings. The Morgan fingerprint density at radius 1 is 1.53 bits per heavy atom. The van der Waals surface area contributed by atoms with Crippen molar-refractivity contribution < 1.29 is 4.74 Å². The van der Waals surface area contributed by atoms with Crippen LogP contribution in [-0.2, 0) is 6.54 Å². The van der Waals surface area contributed by atoms with E-state index in [1.165, 1.54) is 0 Å². The van der Waals surface area contributed by atoms with Gasteiger partial charge in [0.25, 0.3) is 0 Å². The summed E-state index contributed by atoms with van der Waals surface area (Å²) < 4.78 is 5.33. The molecule has 0 spiro atoms. The van der Waals surface area contributed by atoms with Gasteiger partial charge < -0.3 is 10.1 Å². The topological polar surface area (TPSA) is 47.0 Å². The Morgan fingerprint density at radius 3 is 2.93 bits per heavy atom. The molecule has 0 unspecified atom stereocenters. The summed E-state index contributed by atoms with van der Waals surface area (Å²) in [5, 5.41) is 3.06. The van der Waals surface area contributed by atoms with E-state index in [0.29, 0.717) is 12.6 Å². The molecule has 1 rings (SSSR count). The minimum atomic E-state index is 0.436. The fourth-order valence-corrected chi connectivity index (χ4v) is 1.12. The van der Waals surface area contributed by atoms with Crippen LogP contribution in [0.5, 0.6) is 6.01 Å². The monoisotopic (exact) mass is 207 g/mol. The van der Waals surface area contributed by atoms with Crippen LogP contribution in [0.15, 0.2) is 18.3 Å². The molecule has 0 aliphatic carbocycles. The third-order valence-electron chi connectivity index (χ3n) is 1.97. The minimum absolute atomic E-state index is 0.436. The molecule has 0 aromatic carbocycles. The van der Waals surface area contributed by atoms with Crippen molar-refractivity contribution in [2.75, 3.05) is 13.7 Å². The molecule has 82 valence electrons. The van der Waals surface area contributed by atoms with Crippen LogP contribution in [0, 0.1) is 6.92 Å². The van der Waals surface area contributed by atoms with Gasteiger partial charge >= 0.3 is 6.01 Å². The average molecular weight is 207 g/mol. The minimum Gasteiger partial charge on any atom is -0.459 e. The van der Waals surface area contributed by atoms with Crippen LogP contribution in [0.25, 0.3) is 0 Å². The second-order valence-electron chi connectivity index (χ2n) is 3.17. The van der Waals surface area contributed by atoms with Gasteiger partial charge in [-0.1, -0.05) is 12.2 Å². The highest BCUT2D eigenvalue weighted by atomic mass is 16.5. The van der Waals surface area contributed by atoms with Crippen molar-refractivity contribution in [1.82, 2.24) is 15.3 Å². The molecule has 1 N–H and O–H groups in total. The van der Waals surface area contributed by atoms with Gasteiger partial charge in [0.15, 0.2) is 0 Å². The largest absolute Gasteiger partial charge is 0.459 e. The van der Waals surface area contributed by atoms with Gasteiger partial charge in [-0.05, 0) is 20.9 Å². The van der Waals surface area contributed by atoms with Crippen LogP contribution >= 0.6 is 0 Å². The quantitative estimate of drug-likeness (QED) is 0.742. The number of hydrogen-bond donors (Lipinski definition) is 1. The fourth-order valence-electron chi connectivity index (χ4n) is 1.12. The molecule has 0 saturated heterocycles. The van der Waals surface area contributed by atoms with E-state index in [9.17, 15) is 0 Å². The summed E-state index contributed by atoms with van der Waals surface area (Å²) in [5.74, 6) is 0. The highest BCUT2D eigenvalue weighted by Gasteiger charge is 2.02. The van der Waals surface area contributed by atoms with Gasteiger partial charge in [0, 0.05) is 24.0 Å². The van der Waals surface area contributed by atoms with E-state index in [-0.39, 0.29) is 0 Å². The molecule has 4 nitrogen and oxygen atoms in total. The zero-order chi connectivity index (χ0) is 11.1. The summed E-state index contributed by atoms with van der Waals surface area (Å²) in [6.45, 7) is 5.20. The van der Waals surface area contributed by atoms with Gasteiger partial charge in [-0.3, -0.25) is 0 Å². The third kappa shape index (κ3) is 3.67. The summed E-state index contributed by atoms with van der Waals surface area (Å²) in [5.41, 5.74) is 2.05. The maximum Gasteiger partial charge on any atom is 0.316 e. The van der Waals surface area contributed by atoms with E-state index in [0.717, 1.165) is 17.8 Å². The second-order valence-corrected chi connectivity index (χ2v) is 3.17. The Hall–Kier alpha value is -1.42. The van der Waals surface area contributed by atoms with Gasteiger partial charge in [-0.2, -0.15) is 0 Å². The normalized spacial score (nSPS) is 10.9. The van der Waals surface area contributed by atoms with E-state index >= 15 is 0 Å². The number of ether oxygens (including phenoxy) is 1. The lowest BCUT2D eigenvalue weighted by Gasteiger charge is -2.06. The van der Waals surface area contributed by atoms with E-state index < -0.39 is 0 Å². The smallest absolute Gasteiger partial charge is 0.316 e. The first-order chi connectivity index (χ1) is 7.27. The number of aromatic nitrogens is 2. The van der Waals surface area contributed by atoms with Crippen molar-refractivity contribution in [2.24, 2.45) is 0 Å². The number of nitrogens with zero attached hydrogens (tertiary/aromatic N) is 2. The Morgan fingerprint density at radius 2 is 2.33 bits per heavy atom. The molecule has 0 saturated carbocycles. The number of allylic oxidation sites excluding steroid dienone is 1. The molecule has 0 radical (unpaired) electrons. The lowest BCUT2D eigenvalue weighted by atomic mass is 10.2. The summed E-state index contributed by atoms with van der Waals surface area (Å²) in [6.07, 6.45) is 5.65. The van der Waals surface area contributed by atoms with E-state index in [2.05, 4.69) is 15.3 Å². The number of nitrogens with one attached hydrogen (secondary N) is 1. The Kier molecular flexibility index (Phi) is 4.77. The lowest BCUT2D eigenvalue weighted by Crippen LogP contribution is -2.09. The molecule has 1 aromatic heterocycles. The first-order valence-electron chi connectivity index (χ1n) is 4.99. The maximum atomic E-state index is 5.33. The van der Waals surface area contributed by atoms with Gasteiger partial charge in [-0.25, -0.2) is 9.97 Å². The highest BCUT2D eigenvalue weighted by Crippen LogP contribution is 2.08. The SMILES string of the molecule is C/C=C/COc1ncc(CNC)c(C)n1. The highest BCUT2D eigenvalue weighted by molar-refractivity contribution is 5.17. The van der Waals surface area contributed by atoms with Crippen molar-refractivity contribution in [1.29, 1.82) is 0 Å². The summed E-state index contributed by atoms with van der Waals surface area (Å²) in [6, 6.07) is 0.436. The van der Waals surface area contributed by atoms with Gasteiger partial charge in [0.1, 0.15) is 6.61 Å². The maximum absolute atomic E-state index is 5.33. The first kappa shape index (κ1) is 11.7. The molecule has 0 bridgehead atoms. The number of rotatable bonds is 5. The van der Waals surface area contributed by atoms with Crippen LogP contribution in [0.1, 0.15) is 18.2 Å². The molecule has 1 aromatic rings. The van der Waals surface area contributed by atoms with Crippen LogP contribution < -0.4 is 10.1 Å². The molecule has 15 heavy (non-hydrogen) atoms. The standard InChI is InChI=1S/C11H17N3O/c1-4-5-6-15-11-13-8-10(7-12-3)9(2)14-11/h4-5,8,12H,6-7H2,1-3H3/b5-4+. The van der Waals surface area contributed by atoms with Crippen molar-refractivity contribution >= 4 is 0 Å². The first-order valence-corrected chi connectivity index (χ1v) is 4.99. The Labute approximate surface area is 90.4 Å². The van der Waals surface area contributed by atoms with Crippen LogP contribution in [0.3, 0.4) is 0 Å². The molecule has 0 amide bonds. The molecular formula is C11H17N3O. The number of hydrogen-bond acceptors (Lipinski definition) is 4. The molecule has 4 heteroatoms. The van der Waals surface area contributed by atoms with Crippen LogP contribution in [0.2, 0.25) is 0 Å². The van der Waals surface area contributed by atoms with Gasteiger partial charge in [0.05, 0.1) is 0 Å². The van der Waals surface area contributed by atoms with Gasteiger partial charge in [-0.15, -0.1) is 0 Å². The van der Waals surface area contributed by atoms with Gasteiger partial charge in [0.2, 0.25) is 0 Å². The lowest BCUT2D eigenvalue weighted by molar-refractivity contribution is 0.331. The van der Waals surface area contributed by atoms with E-state index in [1.807, 2.05) is 33.0 Å². The molecule has 0 aliphatic rings. The molecule has 0 aliphatic heterocycles. The predicted octanol–water partition coefficient (Wildman–Crippen LogP) is 1.46. The van der Waals surface area contributed by atoms with Crippen LogP contribution in [-0.4, -0.2) is 23.6 Å². The molecule has 0 atom stereocenters. The Balaban J connectivity index is 2.64. The van der Waals surface area contributed by atoms with Crippen molar-refractivity contribution in [3.8, 4) is 6.01 Å². The zero-order valence-electron chi connectivity index (χ0n) is 9.45. The van der Waals surface area contributed by atoms with E-state index in [4.69, 9.17) is 4.74 Å². The zero-order valence-corrected chi connectivity index (χ0v) is 9.45. The van der Waals surface area contributed by atoms with Crippen LogP contribution in [0.4, 0.5) is 0 Å². The summed E-state index contributed by atoms with van der Waals surface area (Å²) in [4.78, 5) is 8.38. The van der Waals surface area contributed by atoms with Crippen molar-refractivity contribution in [3.63, 3.8) is 0 Å². The Bertz CT molecular complexity index is 337. The summed E-state index contributed by atoms with van der Waals surface area (Å²) >= 11 is 0. The number of aryl methyl sites for hydroxylation is 1. The van der Waals surface area contributed by atoms with Crippen molar-refractivity contribution in [2.45, 2.75) is 20.4 Å².